The number of benzene rings is 2. The van der Waals surface area contributed by atoms with E-state index in [9.17, 15) is 9.90 Å². The van der Waals surface area contributed by atoms with Gasteiger partial charge in [-0.15, -0.1) is 0 Å². The number of rotatable bonds is 6. The first-order chi connectivity index (χ1) is 11.2. The van der Waals surface area contributed by atoms with E-state index in [0.717, 1.165) is 24.8 Å². The highest BCUT2D eigenvalue weighted by Crippen LogP contribution is 2.33. The van der Waals surface area contributed by atoms with Crippen molar-refractivity contribution in [2.45, 2.75) is 31.5 Å². The van der Waals surface area contributed by atoms with Gasteiger partial charge in [0.15, 0.2) is 6.10 Å². The third kappa shape index (κ3) is 3.90. The van der Waals surface area contributed by atoms with Crippen LogP contribution >= 0.6 is 0 Å². The molecule has 120 valence electrons. The summed E-state index contributed by atoms with van der Waals surface area (Å²) in [6.07, 6.45) is 1.71. The lowest BCUT2D eigenvalue weighted by atomic mass is 9.89. The average molecular weight is 312 g/mol. The summed E-state index contributed by atoms with van der Waals surface area (Å²) in [4.78, 5) is 11.5. The first-order valence-electron chi connectivity index (χ1n) is 7.88. The molecular formula is C19H20O4. The predicted molar refractivity (Wildman–Crippen MR) is 86.6 cm³/mol. The van der Waals surface area contributed by atoms with E-state index < -0.39 is 12.1 Å². The third-order valence-corrected chi connectivity index (χ3v) is 4.06. The maximum absolute atomic E-state index is 11.5. The summed E-state index contributed by atoms with van der Waals surface area (Å²) >= 11 is 0. The predicted octanol–water partition coefficient (Wildman–Crippen LogP) is 3.61. The molecule has 0 aliphatic heterocycles. The fourth-order valence-electron chi connectivity index (χ4n) is 2.91. The molecule has 1 aliphatic rings. The van der Waals surface area contributed by atoms with Crippen LogP contribution in [0.15, 0.2) is 54.6 Å². The Kier molecular flexibility index (Phi) is 4.93. The van der Waals surface area contributed by atoms with Crippen LogP contribution in [0.3, 0.4) is 0 Å². The molecule has 0 bridgehead atoms. The van der Waals surface area contributed by atoms with Gasteiger partial charge in [-0.3, -0.25) is 0 Å². The van der Waals surface area contributed by atoms with E-state index in [1.807, 2.05) is 36.4 Å². The van der Waals surface area contributed by atoms with E-state index in [1.54, 1.807) is 12.1 Å². The second-order valence-corrected chi connectivity index (χ2v) is 5.67. The van der Waals surface area contributed by atoms with E-state index in [1.165, 1.54) is 5.56 Å². The van der Waals surface area contributed by atoms with Crippen LogP contribution in [0.2, 0.25) is 0 Å². The fraction of sp³-hybridized carbons (Fsp3) is 0.316. The van der Waals surface area contributed by atoms with Crippen molar-refractivity contribution < 1.29 is 19.4 Å². The number of hydrogen-bond acceptors (Lipinski definition) is 3. The maximum Gasteiger partial charge on any atom is 0.336 e. The molecule has 0 saturated heterocycles. The standard InChI is InChI=1S/C19H20O4/c20-19(21)18(13-22-15-9-2-1-3-10-15)23-17-12-6-8-14-7-4-5-11-16(14)17/h1-5,7,9-11,17-18H,6,8,12-13H2,(H,20,21). The lowest BCUT2D eigenvalue weighted by Crippen LogP contribution is -2.33. The van der Waals surface area contributed by atoms with Gasteiger partial charge in [0.1, 0.15) is 12.4 Å². The van der Waals surface area contributed by atoms with Crippen LogP contribution in [0.5, 0.6) is 5.75 Å². The molecule has 2 aromatic rings. The second kappa shape index (κ2) is 7.29. The number of carbonyl (C=O) groups is 1. The van der Waals surface area contributed by atoms with Crippen molar-refractivity contribution in [1.82, 2.24) is 0 Å². The summed E-state index contributed by atoms with van der Waals surface area (Å²) in [7, 11) is 0. The van der Waals surface area contributed by atoms with Crippen molar-refractivity contribution in [2.75, 3.05) is 6.61 Å². The van der Waals surface area contributed by atoms with E-state index in [4.69, 9.17) is 9.47 Å². The van der Waals surface area contributed by atoms with E-state index in [-0.39, 0.29) is 12.7 Å². The molecule has 1 aliphatic carbocycles. The number of para-hydroxylation sites is 1. The van der Waals surface area contributed by atoms with E-state index in [2.05, 4.69) is 6.07 Å². The van der Waals surface area contributed by atoms with Gasteiger partial charge >= 0.3 is 5.97 Å². The zero-order chi connectivity index (χ0) is 16.1. The van der Waals surface area contributed by atoms with Gasteiger partial charge in [0.25, 0.3) is 0 Å². The summed E-state index contributed by atoms with van der Waals surface area (Å²) in [5.41, 5.74) is 2.35. The zero-order valence-corrected chi connectivity index (χ0v) is 12.9. The van der Waals surface area contributed by atoms with E-state index in [0.29, 0.717) is 5.75 Å². The van der Waals surface area contributed by atoms with Gasteiger partial charge in [-0.25, -0.2) is 4.79 Å². The molecule has 4 heteroatoms. The highest BCUT2D eigenvalue weighted by atomic mass is 16.6. The quantitative estimate of drug-likeness (QED) is 0.885. The summed E-state index contributed by atoms with van der Waals surface area (Å²) in [6.45, 7) is -0.00197. The first kappa shape index (κ1) is 15.6. The number of carboxylic acids is 1. The molecule has 4 nitrogen and oxygen atoms in total. The molecule has 0 amide bonds. The molecule has 23 heavy (non-hydrogen) atoms. The average Bonchev–Trinajstić information content (AvgIpc) is 2.59. The van der Waals surface area contributed by atoms with Crippen molar-refractivity contribution in [3.05, 3.63) is 65.7 Å². The van der Waals surface area contributed by atoms with E-state index >= 15 is 0 Å². The first-order valence-corrected chi connectivity index (χ1v) is 7.88. The SMILES string of the molecule is O=C(O)C(COc1ccccc1)OC1CCCc2ccccc21. The Morgan fingerprint density at radius 1 is 1.13 bits per heavy atom. The van der Waals surface area contributed by atoms with Crippen molar-refractivity contribution in [3.63, 3.8) is 0 Å². The van der Waals surface area contributed by atoms with Crippen LogP contribution in [0, 0.1) is 0 Å². The molecular weight excluding hydrogens is 292 g/mol. The lowest BCUT2D eigenvalue weighted by Gasteiger charge is -2.28. The van der Waals surface area contributed by atoms with Crippen molar-refractivity contribution in [3.8, 4) is 5.75 Å². The summed E-state index contributed by atoms with van der Waals surface area (Å²) < 4.78 is 11.4. The molecule has 0 heterocycles. The summed E-state index contributed by atoms with van der Waals surface area (Å²) in [5.74, 6) is -0.351. The third-order valence-electron chi connectivity index (χ3n) is 4.06. The second-order valence-electron chi connectivity index (χ2n) is 5.67. The smallest absolute Gasteiger partial charge is 0.336 e. The molecule has 0 fully saturated rings. The van der Waals surface area contributed by atoms with Gasteiger partial charge in [0, 0.05) is 0 Å². The number of fused-ring (bicyclic) bond motifs is 1. The van der Waals surface area contributed by atoms with Crippen LogP contribution in [0.1, 0.15) is 30.1 Å². The highest BCUT2D eigenvalue weighted by Gasteiger charge is 2.28. The Bertz CT molecular complexity index is 653. The van der Waals surface area contributed by atoms with Gasteiger partial charge in [-0.2, -0.15) is 0 Å². The number of aliphatic carboxylic acids is 1. The Morgan fingerprint density at radius 3 is 2.65 bits per heavy atom. The van der Waals surface area contributed by atoms with Gasteiger partial charge in [-0.1, -0.05) is 42.5 Å². The lowest BCUT2D eigenvalue weighted by molar-refractivity contribution is -0.157. The largest absolute Gasteiger partial charge is 0.490 e. The van der Waals surface area contributed by atoms with Crippen LogP contribution in [0.4, 0.5) is 0 Å². The summed E-state index contributed by atoms with van der Waals surface area (Å²) in [5, 5.41) is 9.42. The van der Waals surface area contributed by atoms with Crippen LogP contribution in [0.25, 0.3) is 0 Å². The fourth-order valence-corrected chi connectivity index (χ4v) is 2.91. The van der Waals surface area contributed by atoms with Crippen LogP contribution < -0.4 is 4.74 Å². The van der Waals surface area contributed by atoms with Crippen LogP contribution in [-0.2, 0) is 16.0 Å². The number of carboxylic acid groups (broad SMARTS) is 1. The van der Waals surface area contributed by atoms with Crippen molar-refractivity contribution >= 4 is 5.97 Å². The van der Waals surface area contributed by atoms with Crippen molar-refractivity contribution in [2.24, 2.45) is 0 Å². The Hall–Kier alpha value is -2.33. The molecule has 0 radical (unpaired) electrons. The summed E-state index contributed by atoms with van der Waals surface area (Å²) in [6, 6.07) is 17.3. The number of aryl methyl sites for hydroxylation is 1. The van der Waals surface area contributed by atoms with Gasteiger partial charge < -0.3 is 14.6 Å². The Balaban J connectivity index is 1.67. The molecule has 2 atom stereocenters. The van der Waals surface area contributed by atoms with Crippen molar-refractivity contribution in [1.29, 1.82) is 0 Å². The minimum Gasteiger partial charge on any atom is -0.490 e. The Labute approximate surface area is 135 Å². The molecule has 0 saturated carbocycles. The minimum atomic E-state index is -0.996. The molecule has 0 aromatic heterocycles. The minimum absolute atomic E-state index is 0.00197. The molecule has 2 unspecified atom stereocenters. The molecule has 1 N–H and O–H groups in total. The normalized spacial score (nSPS) is 18.0. The topological polar surface area (TPSA) is 55.8 Å². The van der Waals surface area contributed by atoms with Crippen LogP contribution in [-0.4, -0.2) is 23.8 Å². The maximum atomic E-state index is 11.5. The number of hydrogen-bond donors (Lipinski definition) is 1. The monoisotopic (exact) mass is 312 g/mol. The highest BCUT2D eigenvalue weighted by molar-refractivity contribution is 5.72. The van der Waals surface area contributed by atoms with Gasteiger partial charge in [0.05, 0.1) is 6.10 Å². The zero-order valence-electron chi connectivity index (χ0n) is 12.9. The van der Waals surface area contributed by atoms with Gasteiger partial charge in [0.2, 0.25) is 0 Å². The molecule has 2 aromatic carbocycles. The molecule has 0 spiro atoms. The van der Waals surface area contributed by atoms with Gasteiger partial charge in [-0.05, 0) is 42.5 Å². The molecule has 3 rings (SSSR count). The Morgan fingerprint density at radius 2 is 1.87 bits per heavy atom. The number of ether oxygens (including phenoxy) is 2.